The molecule has 0 aromatic heterocycles. The number of allylic oxidation sites excluding steroid dienone is 4. The van der Waals surface area contributed by atoms with Gasteiger partial charge >= 0.3 is 0 Å². The van der Waals surface area contributed by atoms with Crippen LogP contribution in [0, 0.1) is 5.41 Å². The molecule has 0 spiro atoms. The maximum absolute atomic E-state index is 13.9. The summed E-state index contributed by atoms with van der Waals surface area (Å²) in [4.78, 5) is 0. The third kappa shape index (κ3) is 1.75. The van der Waals surface area contributed by atoms with E-state index in [9.17, 15) is 4.39 Å². The number of hydrogen-bond acceptors (Lipinski definition) is 1. The summed E-state index contributed by atoms with van der Waals surface area (Å²) in [5, 5.41) is 0. The van der Waals surface area contributed by atoms with E-state index in [2.05, 4.69) is 0 Å². The highest BCUT2D eigenvalue weighted by Crippen LogP contribution is 2.45. The second kappa shape index (κ2) is 3.78. The Morgan fingerprint density at radius 1 is 1.25 bits per heavy atom. The van der Waals surface area contributed by atoms with E-state index in [1.807, 2.05) is 44.2 Å². The van der Waals surface area contributed by atoms with Gasteiger partial charge in [-0.25, -0.2) is 4.39 Å². The van der Waals surface area contributed by atoms with Gasteiger partial charge in [0, 0.05) is 16.8 Å². The lowest BCUT2D eigenvalue weighted by molar-refractivity contribution is 0.484. The zero-order valence-electron chi connectivity index (χ0n) is 9.63. The van der Waals surface area contributed by atoms with Crippen LogP contribution in [-0.4, -0.2) is 0 Å². The number of nitrogens with two attached hydrogens (primary N) is 1. The first kappa shape index (κ1) is 10.9. The Balaban J connectivity index is 2.62. The molecular formula is C14H16FN. The van der Waals surface area contributed by atoms with E-state index in [1.165, 1.54) is 6.08 Å². The molecule has 0 radical (unpaired) electrons. The van der Waals surface area contributed by atoms with E-state index in [4.69, 9.17) is 5.73 Å². The molecule has 0 fully saturated rings. The molecular weight excluding hydrogens is 201 g/mol. The molecule has 1 aromatic carbocycles. The van der Waals surface area contributed by atoms with Gasteiger partial charge < -0.3 is 5.73 Å². The highest BCUT2D eigenvalue weighted by atomic mass is 19.1. The van der Waals surface area contributed by atoms with Crippen molar-refractivity contribution in [2.75, 3.05) is 5.73 Å². The van der Waals surface area contributed by atoms with Crippen molar-refractivity contribution >= 4 is 11.3 Å². The van der Waals surface area contributed by atoms with Crippen LogP contribution in [0.5, 0.6) is 0 Å². The van der Waals surface area contributed by atoms with Crippen molar-refractivity contribution in [3.05, 3.63) is 47.8 Å². The first-order chi connectivity index (χ1) is 7.52. The van der Waals surface area contributed by atoms with Crippen molar-refractivity contribution in [3.63, 3.8) is 0 Å². The monoisotopic (exact) mass is 217 g/mol. The molecule has 1 aromatic rings. The van der Waals surface area contributed by atoms with Crippen LogP contribution in [0.15, 0.2) is 42.2 Å². The molecule has 0 saturated heterocycles. The van der Waals surface area contributed by atoms with Gasteiger partial charge in [0.25, 0.3) is 0 Å². The smallest absolute Gasteiger partial charge is 0.127 e. The predicted octanol–water partition coefficient (Wildman–Crippen LogP) is 3.94. The van der Waals surface area contributed by atoms with Crippen molar-refractivity contribution in [2.24, 2.45) is 5.41 Å². The maximum Gasteiger partial charge on any atom is 0.127 e. The quantitative estimate of drug-likeness (QED) is 0.708. The summed E-state index contributed by atoms with van der Waals surface area (Å²) in [7, 11) is 0. The minimum atomic E-state index is -0.200. The van der Waals surface area contributed by atoms with Crippen LogP contribution >= 0.6 is 0 Å². The van der Waals surface area contributed by atoms with Crippen molar-refractivity contribution in [2.45, 2.75) is 20.3 Å². The largest absolute Gasteiger partial charge is 0.398 e. The molecule has 0 unspecified atom stereocenters. The zero-order valence-corrected chi connectivity index (χ0v) is 9.63. The fraction of sp³-hybridized carbons (Fsp3) is 0.286. The van der Waals surface area contributed by atoms with E-state index < -0.39 is 0 Å². The van der Waals surface area contributed by atoms with Crippen LogP contribution in [0.2, 0.25) is 0 Å². The standard InChI is InChI=1S/C14H16FN/c1-14(2)9-5-7-11(15)13(14)10-6-3-4-8-12(10)16/h3-8H,9,16H2,1-2H3. The number of nitrogen functional groups attached to an aromatic ring is 1. The van der Waals surface area contributed by atoms with Gasteiger partial charge in [-0.15, -0.1) is 0 Å². The maximum atomic E-state index is 13.9. The Morgan fingerprint density at radius 2 is 1.94 bits per heavy atom. The fourth-order valence-corrected chi connectivity index (χ4v) is 2.18. The molecule has 0 heterocycles. The Kier molecular flexibility index (Phi) is 2.58. The lowest BCUT2D eigenvalue weighted by atomic mass is 9.74. The molecule has 2 N–H and O–H groups in total. The number of anilines is 1. The summed E-state index contributed by atoms with van der Waals surface area (Å²) < 4.78 is 13.9. The molecule has 84 valence electrons. The molecule has 1 aliphatic rings. The van der Waals surface area contributed by atoms with Crippen LogP contribution in [0.1, 0.15) is 25.8 Å². The number of rotatable bonds is 1. The van der Waals surface area contributed by atoms with Gasteiger partial charge in [0.15, 0.2) is 0 Å². The number of benzene rings is 1. The van der Waals surface area contributed by atoms with Crippen LogP contribution in [0.3, 0.4) is 0 Å². The average molecular weight is 217 g/mol. The third-order valence-corrected chi connectivity index (χ3v) is 3.04. The molecule has 0 atom stereocenters. The molecule has 1 nitrogen and oxygen atoms in total. The van der Waals surface area contributed by atoms with E-state index >= 15 is 0 Å². The highest BCUT2D eigenvalue weighted by Gasteiger charge is 2.29. The highest BCUT2D eigenvalue weighted by molar-refractivity contribution is 5.81. The number of hydrogen-bond donors (Lipinski definition) is 1. The second-order valence-electron chi connectivity index (χ2n) is 4.80. The van der Waals surface area contributed by atoms with E-state index in [-0.39, 0.29) is 11.2 Å². The average Bonchev–Trinajstić information content (AvgIpc) is 2.19. The van der Waals surface area contributed by atoms with E-state index in [0.717, 1.165) is 12.0 Å². The SMILES string of the molecule is CC1(C)CC=CC(F)=C1c1ccccc1N. The minimum Gasteiger partial charge on any atom is -0.398 e. The van der Waals surface area contributed by atoms with E-state index in [0.29, 0.717) is 11.3 Å². The van der Waals surface area contributed by atoms with Crippen LogP contribution in [0.4, 0.5) is 10.1 Å². The van der Waals surface area contributed by atoms with Crippen molar-refractivity contribution in [3.8, 4) is 0 Å². The first-order valence-corrected chi connectivity index (χ1v) is 5.44. The topological polar surface area (TPSA) is 26.0 Å². The summed E-state index contributed by atoms with van der Waals surface area (Å²) >= 11 is 0. The Morgan fingerprint density at radius 3 is 2.56 bits per heavy atom. The number of halogens is 1. The summed E-state index contributed by atoms with van der Waals surface area (Å²) in [6.07, 6.45) is 4.25. The summed E-state index contributed by atoms with van der Waals surface area (Å²) in [5.74, 6) is -0.172. The lowest BCUT2D eigenvalue weighted by Crippen LogP contribution is -2.17. The van der Waals surface area contributed by atoms with Gasteiger partial charge in [-0.1, -0.05) is 38.1 Å². The van der Waals surface area contributed by atoms with Crippen molar-refractivity contribution < 1.29 is 4.39 Å². The van der Waals surface area contributed by atoms with Gasteiger partial charge in [0.05, 0.1) is 0 Å². The molecule has 0 aliphatic heterocycles. The van der Waals surface area contributed by atoms with Gasteiger partial charge in [-0.05, 0) is 24.0 Å². The molecule has 1 aliphatic carbocycles. The van der Waals surface area contributed by atoms with Crippen LogP contribution < -0.4 is 5.73 Å². The minimum absolute atomic E-state index is 0.172. The van der Waals surface area contributed by atoms with Gasteiger partial charge in [0.1, 0.15) is 5.83 Å². The predicted molar refractivity (Wildman–Crippen MR) is 66.4 cm³/mol. The molecule has 2 rings (SSSR count). The molecule has 0 amide bonds. The molecule has 16 heavy (non-hydrogen) atoms. The van der Waals surface area contributed by atoms with Gasteiger partial charge in [0.2, 0.25) is 0 Å². The Bertz CT molecular complexity index is 469. The van der Waals surface area contributed by atoms with E-state index in [1.54, 1.807) is 0 Å². The second-order valence-corrected chi connectivity index (χ2v) is 4.80. The van der Waals surface area contributed by atoms with Crippen molar-refractivity contribution in [1.29, 1.82) is 0 Å². The summed E-state index contributed by atoms with van der Waals surface area (Å²) in [6, 6.07) is 7.44. The third-order valence-electron chi connectivity index (χ3n) is 3.04. The summed E-state index contributed by atoms with van der Waals surface area (Å²) in [6.45, 7) is 4.08. The van der Waals surface area contributed by atoms with Gasteiger partial charge in [-0.3, -0.25) is 0 Å². The molecule has 2 heteroatoms. The fourth-order valence-electron chi connectivity index (χ4n) is 2.18. The van der Waals surface area contributed by atoms with Gasteiger partial charge in [-0.2, -0.15) is 0 Å². The first-order valence-electron chi connectivity index (χ1n) is 5.44. The molecule has 0 saturated carbocycles. The number of para-hydroxylation sites is 1. The summed E-state index contributed by atoms with van der Waals surface area (Å²) in [5.41, 5.74) is 7.87. The Hall–Kier alpha value is -1.57. The normalized spacial score (nSPS) is 18.9. The Labute approximate surface area is 95.5 Å². The van der Waals surface area contributed by atoms with Crippen molar-refractivity contribution in [1.82, 2.24) is 0 Å². The van der Waals surface area contributed by atoms with Crippen LogP contribution in [0.25, 0.3) is 5.57 Å². The lowest BCUT2D eigenvalue weighted by Gasteiger charge is -2.30. The van der Waals surface area contributed by atoms with Crippen LogP contribution in [-0.2, 0) is 0 Å². The zero-order chi connectivity index (χ0) is 11.8. The molecule has 0 bridgehead atoms.